The predicted octanol–water partition coefficient (Wildman–Crippen LogP) is 1.06. The molecule has 0 bridgehead atoms. The van der Waals surface area contributed by atoms with Gasteiger partial charge in [0.25, 0.3) is 5.91 Å². The van der Waals surface area contributed by atoms with Crippen LogP contribution in [-0.2, 0) is 5.75 Å². The minimum absolute atomic E-state index is 0.0655. The number of hydrogen-bond acceptors (Lipinski definition) is 4. The van der Waals surface area contributed by atoms with Gasteiger partial charge in [0, 0.05) is 31.9 Å². The third kappa shape index (κ3) is 2.25. The Morgan fingerprint density at radius 2 is 2.25 bits per heavy atom. The van der Waals surface area contributed by atoms with E-state index >= 15 is 0 Å². The first-order valence-electron chi connectivity index (χ1n) is 5.42. The van der Waals surface area contributed by atoms with E-state index in [9.17, 15) is 4.79 Å². The number of hydrogen-bond donors (Lipinski definition) is 2. The molecule has 5 heteroatoms. The van der Waals surface area contributed by atoms with Crippen molar-refractivity contribution < 1.29 is 9.21 Å². The van der Waals surface area contributed by atoms with E-state index in [1.807, 2.05) is 11.8 Å². The molecule has 2 heterocycles. The summed E-state index contributed by atoms with van der Waals surface area (Å²) in [7, 11) is 0. The van der Waals surface area contributed by atoms with Crippen LogP contribution in [0, 0.1) is 6.92 Å². The van der Waals surface area contributed by atoms with Gasteiger partial charge in [0.05, 0.1) is 5.56 Å². The smallest absolute Gasteiger partial charge is 0.257 e. The van der Waals surface area contributed by atoms with E-state index in [0.717, 1.165) is 31.9 Å². The molecule has 1 saturated heterocycles. The third-order valence-corrected chi connectivity index (χ3v) is 3.07. The van der Waals surface area contributed by atoms with E-state index in [1.165, 1.54) is 0 Å². The Bertz CT molecular complexity index is 383. The zero-order valence-corrected chi connectivity index (χ0v) is 10.2. The summed E-state index contributed by atoms with van der Waals surface area (Å²) in [6.07, 6.45) is 0. The lowest BCUT2D eigenvalue weighted by Crippen LogP contribution is -2.46. The Balaban J connectivity index is 2.15. The van der Waals surface area contributed by atoms with Crippen molar-refractivity contribution in [3.05, 3.63) is 23.2 Å². The quantitative estimate of drug-likeness (QED) is 0.760. The fraction of sp³-hybridized carbons (Fsp3) is 0.545. The van der Waals surface area contributed by atoms with E-state index in [-0.39, 0.29) is 5.91 Å². The molecule has 88 valence electrons. The maximum atomic E-state index is 12.2. The van der Waals surface area contributed by atoms with Gasteiger partial charge < -0.3 is 14.6 Å². The monoisotopic (exact) mass is 240 g/mol. The van der Waals surface area contributed by atoms with Crippen LogP contribution < -0.4 is 5.32 Å². The van der Waals surface area contributed by atoms with E-state index in [1.54, 1.807) is 6.07 Å². The third-order valence-electron chi connectivity index (χ3n) is 2.76. The summed E-state index contributed by atoms with van der Waals surface area (Å²) in [4.78, 5) is 14.0. The van der Waals surface area contributed by atoms with Crippen molar-refractivity contribution in [3.8, 4) is 0 Å². The van der Waals surface area contributed by atoms with Crippen LogP contribution in [0.2, 0.25) is 0 Å². The van der Waals surface area contributed by atoms with Crippen molar-refractivity contribution in [2.24, 2.45) is 0 Å². The van der Waals surface area contributed by atoms with Gasteiger partial charge in [0.1, 0.15) is 11.5 Å². The summed E-state index contributed by atoms with van der Waals surface area (Å²) in [5.41, 5.74) is 0.672. The maximum Gasteiger partial charge on any atom is 0.257 e. The molecule has 1 aliphatic rings. The summed E-state index contributed by atoms with van der Waals surface area (Å²) in [6.45, 7) is 5.08. The molecule has 4 nitrogen and oxygen atoms in total. The highest BCUT2D eigenvalue weighted by atomic mass is 32.1. The number of amides is 1. The lowest BCUT2D eigenvalue weighted by Gasteiger charge is -2.27. The number of thiol groups is 1. The molecule has 0 unspecified atom stereocenters. The summed E-state index contributed by atoms with van der Waals surface area (Å²) in [6, 6.07) is 1.80. The van der Waals surface area contributed by atoms with Crippen LogP contribution in [0.15, 0.2) is 10.5 Å². The highest BCUT2D eigenvalue weighted by Gasteiger charge is 2.21. The van der Waals surface area contributed by atoms with Crippen LogP contribution in [-0.4, -0.2) is 37.0 Å². The molecule has 0 saturated carbocycles. The second kappa shape index (κ2) is 4.93. The molecule has 1 aliphatic heterocycles. The molecule has 1 aromatic heterocycles. The first kappa shape index (κ1) is 11.5. The topological polar surface area (TPSA) is 45.5 Å². The Kier molecular flexibility index (Phi) is 3.56. The van der Waals surface area contributed by atoms with Gasteiger partial charge in [-0.15, -0.1) is 0 Å². The number of nitrogens with one attached hydrogen (secondary N) is 1. The molecule has 0 aliphatic carbocycles. The molecule has 0 atom stereocenters. The molecule has 2 rings (SSSR count). The van der Waals surface area contributed by atoms with Gasteiger partial charge in [-0.05, 0) is 13.0 Å². The van der Waals surface area contributed by atoms with Gasteiger partial charge in [0.2, 0.25) is 0 Å². The molecule has 1 fully saturated rings. The van der Waals surface area contributed by atoms with Crippen LogP contribution >= 0.6 is 12.6 Å². The van der Waals surface area contributed by atoms with E-state index in [2.05, 4.69) is 17.9 Å². The predicted molar refractivity (Wildman–Crippen MR) is 64.9 cm³/mol. The molecule has 1 N–H and O–H groups in total. The number of aryl methyl sites for hydroxylation is 1. The van der Waals surface area contributed by atoms with Crippen molar-refractivity contribution in [3.63, 3.8) is 0 Å². The number of furan rings is 1. The fourth-order valence-electron chi connectivity index (χ4n) is 1.87. The van der Waals surface area contributed by atoms with Crippen molar-refractivity contribution in [2.75, 3.05) is 26.2 Å². The molecular formula is C11H16N2O2S. The second-order valence-corrected chi connectivity index (χ2v) is 4.20. The van der Waals surface area contributed by atoms with Gasteiger partial charge in [0.15, 0.2) is 0 Å². The SMILES string of the molecule is Cc1oc(CS)cc1C(=O)N1CCNCC1. The Morgan fingerprint density at radius 3 is 2.81 bits per heavy atom. The Morgan fingerprint density at radius 1 is 1.56 bits per heavy atom. The maximum absolute atomic E-state index is 12.2. The summed E-state index contributed by atoms with van der Waals surface area (Å²) < 4.78 is 5.44. The van der Waals surface area contributed by atoms with Gasteiger partial charge in [-0.2, -0.15) is 12.6 Å². The van der Waals surface area contributed by atoms with Crippen molar-refractivity contribution in [1.29, 1.82) is 0 Å². The van der Waals surface area contributed by atoms with Gasteiger partial charge in [-0.25, -0.2) is 0 Å². The Labute approximate surface area is 100 Å². The number of nitrogens with zero attached hydrogens (tertiary/aromatic N) is 1. The molecular weight excluding hydrogens is 224 g/mol. The summed E-state index contributed by atoms with van der Waals surface area (Å²) in [5, 5.41) is 3.22. The largest absolute Gasteiger partial charge is 0.465 e. The lowest BCUT2D eigenvalue weighted by atomic mass is 10.2. The fourth-order valence-corrected chi connectivity index (χ4v) is 2.03. The molecule has 0 aromatic carbocycles. The minimum Gasteiger partial charge on any atom is -0.465 e. The van der Waals surface area contributed by atoms with E-state index < -0.39 is 0 Å². The van der Waals surface area contributed by atoms with Crippen LogP contribution in [0.5, 0.6) is 0 Å². The van der Waals surface area contributed by atoms with Crippen molar-refractivity contribution >= 4 is 18.5 Å². The standard InChI is InChI=1S/C11H16N2O2S/c1-8-10(6-9(7-16)15-8)11(14)13-4-2-12-3-5-13/h6,12,16H,2-5,7H2,1H3. The van der Waals surface area contributed by atoms with Crippen LogP contribution in [0.25, 0.3) is 0 Å². The van der Waals surface area contributed by atoms with E-state index in [0.29, 0.717) is 17.1 Å². The molecule has 0 spiro atoms. The minimum atomic E-state index is 0.0655. The normalized spacial score (nSPS) is 16.5. The first-order chi connectivity index (χ1) is 7.72. The average molecular weight is 240 g/mol. The van der Waals surface area contributed by atoms with E-state index in [4.69, 9.17) is 4.42 Å². The zero-order chi connectivity index (χ0) is 11.5. The summed E-state index contributed by atoms with van der Waals surface area (Å²) in [5.74, 6) is 2.03. The molecule has 1 amide bonds. The average Bonchev–Trinajstić information content (AvgIpc) is 2.71. The number of rotatable bonds is 2. The highest BCUT2D eigenvalue weighted by molar-refractivity contribution is 7.79. The lowest BCUT2D eigenvalue weighted by molar-refractivity contribution is 0.0734. The van der Waals surface area contributed by atoms with Gasteiger partial charge in [-0.3, -0.25) is 4.79 Å². The number of piperazine rings is 1. The van der Waals surface area contributed by atoms with Crippen molar-refractivity contribution in [2.45, 2.75) is 12.7 Å². The highest BCUT2D eigenvalue weighted by Crippen LogP contribution is 2.18. The summed E-state index contributed by atoms with van der Waals surface area (Å²) >= 11 is 4.14. The van der Waals surface area contributed by atoms with Gasteiger partial charge in [-0.1, -0.05) is 0 Å². The molecule has 0 radical (unpaired) electrons. The Hall–Kier alpha value is -0.940. The van der Waals surface area contributed by atoms with Gasteiger partial charge >= 0.3 is 0 Å². The first-order valence-corrected chi connectivity index (χ1v) is 6.06. The molecule has 1 aromatic rings. The van der Waals surface area contributed by atoms with Crippen molar-refractivity contribution in [1.82, 2.24) is 10.2 Å². The number of carbonyl (C=O) groups is 1. The zero-order valence-electron chi connectivity index (χ0n) is 9.32. The van der Waals surface area contributed by atoms with Crippen LogP contribution in [0.4, 0.5) is 0 Å². The van der Waals surface area contributed by atoms with Crippen LogP contribution in [0.1, 0.15) is 21.9 Å². The molecule has 16 heavy (non-hydrogen) atoms. The van der Waals surface area contributed by atoms with Crippen LogP contribution in [0.3, 0.4) is 0 Å². The number of carbonyl (C=O) groups excluding carboxylic acids is 1. The second-order valence-electron chi connectivity index (χ2n) is 3.88.